The number of rotatable bonds is 3. The predicted molar refractivity (Wildman–Crippen MR) is 77.0 cm³/mol. The van der Waals surface area contributed by atoms with Gasteiger partial charge in [-0.3, -0.25) is 4.90 Å². The average Bonchev–Trinajstić information content (AvgIpc) is 2.39. The first-order chi connectivity index (χ1) is 9.37. The molecule has 1 atom stereocenters. The summed E-state index contributed by atoms with van der Waals surface area (Å²) in [6.45, 7) is 2.23. The highest BCUT2D eigenvalue weighted by Crippen LogP contribution is 2.35. The van der Waals surface area contributed by atoms with Crippen LogP contribution in [-0.4, -0.2) is 37.3 Å². The van der Waals surface area contributed by atoms with E-state index in [4.69, 9.17) is 0 Å². The van der Waals surface area contributed by atoms with E-state index in [1.807, 2.05) is 22.6 Å². The lowest BCUT2D eigenvalue weighted by atomic mass is 10.0. The zero-order chi connectivity index (χ0) is 14.8. The minimum atomic E-state index is -4.32. The molecule has 0 amide bonds. The van der Waals surface area contributed by atoms with Crippen LogP contribution in [0.15, 0.2) is 18.2 Å². The molecule has 1 aliphatic rings. The van der Waals surface area contributed by atoms with Gasteiger partial charge in [-0.1, -0.05) is 0 Å². The van der Waals surface area contributed by atoms with E-state index in [1.165, 1.54) is 12.1 Å². The number of alkyl halides is 3. The van der Waals surface area contributed by atoms with Crippen molar-refractivity contribution >= 4 is 22.6 Å². The minimum absolute atomic E-state index is 0.135. The summed E-state index contributed by atoms with van der Waals surface area (Å²) < 4.78 is 53.1. The summed E-state index contributed by atoms with van der Waals surface area (Å²) in [6, 6.07) is 3.35. The lowest BCUT2D eigenvalue weighted by Crippen LogP contribution is -2.46. The maximum atomic E-state index is 13.9. The number of hydrogen-bond donors (Lipinski definition) is 1. The number of piperazine rings is 1. The first-order valence-electron chi connectivity index (χ1n) is 6.33. The van der Waals surface area contributed by atoms with Gasteiger partial charge in [0.15, 0.2) is 0 Å². The lowest BCUT2D eigenvalue weighted by molar-refractivity contribution is -0.149. The van der Waals surface area contributed by atoms with Gasteiger partial charge < -0.3 is 5.32 Å². The van der Waals surface area contributed by atoms with Crippen molar-refractivity contribution in [2.45, 2.75) is 18.6 Å². The SMILES string of the molecule is Fc1ccc(I)cc1[C@@H](CC(F)(F)F)N1CCNCC1. The Morgan fingerprint density at radius 1 is 1.25 bits per heavy atom. The molecule has 1 heterocycles. The van der Waals surface area contributed by atoms with Crippen molar-refractivity contribution in [3.8, 4) is 0 Å². The van der Waals surface area contributed by atoms with Crippen LogP contribution in [0.2, 0.25) is 0 Å². The van der Waals surface area contributed by atoms with Crippen LogP contribution in [0.25, 0.3) is 0 Å². The molecule has 1 aromatic rings. The fraction of sp³-hybridized carbons (Fsp3) is 0.538. The second-order valence-electron chi connectivity index (χ2n) is 4.79. The summed E-state index contributed by atoms with van der Waals surface area (Å²) in [7, 11) is 0. The van der Waals surface area contributed by atoms with Gasteiger partial charge in [-0.25, -0.2) is 4.39 Å². The van der Waals surface area contributed by atoms with Crippen LogP contribution >= 0.6 is 22.6 Å². The minimum Gasteiger partial charge on any atom is -0.314 e. The zero-order valence-electron chi connectivity index (χ0n) is 10.7. The first kappa shape index (κ1) is 16.0. The third-order valence-corrected chi connectivity index (χ3v) is 4.01. The van der Waals surface area contributed by atoms with E-state index in [0.717, 1.165) is 3.57 Å². The molecule has 0 saturated carbocycles. The van der Waals surface area contributed by atoms with Crippen molar-refractivity contribution in [3.05, 3.63) is 33.1 Å². The van der Waals surface area contributed by atoms with Crippen LogP contribution in [-0.2, 0) is 0 Å². The van der Waals surface area contributed by atoms with Gasteiger partial charge in [0.25, 0.3) is 0 Å². The molecule has 0 aromatic heterocycles. The fourth-order valence-corrected chi connectivity index (χ4v) is 2.93. The molecule has 112 valence electrons. The summed E-state index contributed by atoms with van der Waals surface area (Å²) in [5.41, 5.74) is 0.135. The quantitative estimate of drug-likeness (QED) is 0.617. The third-order valence-electron chi connectivity index (χ3n) is 3.33. The number of nitrogens with zero attached hydrogens (tertiary/aromatic N) is 1. The van der Waals surface area contributed by atoms with Crippen molar-refractivity contribution < 1.29 is 17.6 Å². The monoisotopic (exact) mass is 402 g/mol. The fourth-order valence-electron chi connectivity index (χ4n) is 2.42. The normalized spacial score (nSPS) is 19.1. The summed E-state index contributed by atoms with van der Waals surface area (Å²) >= 11 is 1.98. The highest BCUT2D eigenvalue weighted by molar-refractivity contribution is 14.1. The highest BCUT2D eigenvalue weighted by atomic mass is 127. The molecule has 1 N–H and O–H groups in total. The van der Waals surface area contributed by atoms with Gasteiger partial charge >= 0.3 is 6.18 Å². The van der Waals surface area contributed by atoms with E-state index >= 15 is 0 Å². The van der Waals surface area contributed by atoms with Crippen molar-refractivity contribution in [3.63, 3.8) is 0 Å². The maximum Gasteiger partial charge on any atom is 0.390 e. The third kappa shape index (κ3) is 4.29. The Bertz CT molecular complexity index is 458. The van der Waals surface area contributed by atoms with Crippen LogP contribution in [0.3, 0.4) is 0 Å². The molecule has 7 heteroatoms. The molecular weight excluding hydrogens is 387 g/mol. The van der Waals surface area contributed by atoms with Gasteiger partial charge in [0.05, 0.1) is 6.42 Å². The maximum absolute atomic E-state index is 13.9. The molecule has 0 spiro atoms. The van der Waals surface area contributed by atoms with Crippen LogP contribution in [0.4, 0.5) is 17.6 Å². The van der Waals surface area contributed by atoms with E-state index in [-0.39, 0.29) is 5.56 Å². The summed E-state index contributed by atoms with van der Waals surface area (Å²) in [6.07, 6.45) is -5.34. The molecule has 0 radical (unpaired) electrons. The van der Waals surface area contributed by atoms with E-state index in [2.05, 4.69) is 5.32 Å². The molecule has 2 rings (SSSR count). The van der Waals surface area contributed by atoms with Gasteiger partial charge in [-0.15, -0.1) is 0 Å². The Kier molecular flexibility index (Phi) is 5.25. The molecule has 1 aliphatic heterocycles. The van der Waals surface area contributed by atoms with Crippen LogP contribution in [0.5, 0.6) is 0 Å². The van der Waals surface area contributed by atoms with Crippen LogP contribution in [0.1, 0.15) is 18.0 Å². The summed E-state index contributed by atoms with van der Waals surface area (Å²) in [5.74, 6) is -0.571. The van der Waals surface area contributed by atoms with Gasteiger partial charge in [-0.2, -0.15) is 13.2 Å². The molecule has 0 aliphatic carbocycles. The molecule has 0 bridgehead atoms. The largest absolute Gasteiger partial charge is 0.390 e. The molecule has 20 heavy (non-hydrogen) atoms. The first-order valence-corrected chi connectivity index (χ1v) is 7.41. The summed E-state index contributed by atoms with van der Waals surface area (Å²) in [4.78, 5) is 1.71. The highest BCUT2D eigenvalue weighted by Gasteiger charge is 2.37. The number of halogens is 5. The topological polar surface area (TPSA) is 15.3 Å². The van der Waals surface area contributed by atoms with E-state index in [0.29, 0.717) is 26.2 Å². The zero-order valence-corrected chi connectivity index (χ0v) is 12.8. The Morgan fingerprint density at radius 2 is 1.90 bits per heavy atom. The molecule has 1 saturated heterocycles. The van der Waals surface area contributed by atoms with E-state index in [9.17, 15) is 17.6 Å². The van der Waals surface area contributed by atoms with Crippen LogP contribution < -0.4 is 5.32 Å². The summed E-state index contributed by atoms with van der Waals surface area (Å²) in [5, 5.41) is 3.09. The smallest absolute Gasteiger partial charge is 0.314 e. The molecule has 1 aromatic carbocycles. The Balaban J connectivity index is 2.31. The van der Waals surface area contributed by atoms with Crippen molar-refractivity contribution in [1.82, 2.24) is 10.2 Å². The Morgan fingerprint density at radius 3 is 2.50 bits per heavy atom. The Labute approximate surface area is 128 Å². The number of benzene rings is 1. The van der Waals surface area contributed by atoms with Crippen molar-refractivity contribution in [2.75, 3.05) is 26.2 Å². The molecule has 1 fully saturated rings. The predicted octanol–water partition coefficient (Wildman–Crippen LogP) is 3.33. The van der Waals surface area contributed by atoms with Gasteiger partial charge in [0.2, 0.25) is 0 Å². The van der Waals surface area contributed by atoms with Crippen LogP contribution in [0, 0.1) is 9.39 Å². The molecular formula is C13H15F4IN2. The average molecular weight is 402 g/mol. The molecule has 0 unspecified atom stereocenters. The van der Waals surface area contributed by atoms with E-state index < -0.39 is 24.5 Å². The van der Waals surface area contributed by atoms with Gasteiger partial charge in [-0.05, 0) is 40.8 Å². The van der Waals surface area contributed by atoms with Gasteiger partial charge in [0.1, 0.15) is 5.82 Å². The second kappa shape index (κ2) is 6.57. The van der Waals surface area contributed by atoms with Crippen molar-refractivity contribution in [2.24, 2.45) is 0 Å². The second-order valence-corrected chi connectivity index (χ2v) is 6.03. The molecule has 2 nitrogen and oxygen atoms in total. The van der Waals surface area contributed by atoms with E-state index in [1.54, 1.807) is 11.0 Å². The Hall–Kier alpha value is -0.410. The van der Waals surface area contributed by atoms with Crippen molar-refractivity contribution in [1.29, 1.82) is 0 Å². The number of hydrogen-bond acceptors (Lipinski definition) is 2. The number of nitrogens with one attached hydrogen (secondary N) is 1. The van der Waals surface area contributed by atoms with Gasteiger partial charge in [0, 0.05) is 41.4 Å². The lowest BCUT2D eigenvalue weighted by Gasteiger charge is -2.35. The standard InChI is InChI=1S/C13H15F4IN2/c14-11-2-1-9(18)7-10(11)12(8-13(15,16)17)20-5-3-19-4-6-20/h1-2,7,12,19H,3-6,8H2/t12-/m1/s1.